The average Bonchev–Trinajstić information content (AvgIpc) is 2.96. The van der Waals surface area contributed by atoms with Crippen molar-refractivity contribution in [2.75, 3.05) is 13.2 Å². The second kappa shape index (κ2) is 6.38. The summed E-state index contributed by atoms with van der Waals surface area (Å²) in [6, 6.07) is 7.62. The molecule has 0 aliphatic heterocycles. The quantitative estimate of drug-likeness (QED) is 0.836. The van der Waals surface area contributed by atoms with E-state index in [0.29, 0.717) is 0 Å². The van der Waals surface area contributed by atoms with E-state index in [-0.39, 0.29) is 24.0 Å². The van der Waals surface area contributed by atoms with Crippen LogP contribution < -0.4 is 4.72 Å². The normalized spacial score (nSPS) is 13.3. The van der Waals surface area contributed by atoms with E-state index in [1.807, 2.05) is 31.2 Å². The molecule has 0 spiro atoms. The number of aryl methyl sites for hydroxylation is 1. The van der Waals surface area contributed by atoms with E-state index in [4.69, 9.17) is 5.11 Å². The fourth-order valence-electron chi connectivity index (χ4n) is 1.68. The first-order valence-corrected chi connectivity index (χ1v) is 8.13. The minimum atomic E-state index is -3.61. The van der Waals surface area contributed by atoms with E-state index in [1.165, 1.54) is 17.1 Å². The largest absolute Gasteiger partial charge is 0.396 e. The van der Waals surface area contributed by atoms with Crippen LogP contribution in [0.2, 0.25) is 0 Å². The van der Waals surface area contributed by atoms with Gasteiger partial charge in [0.15, 0.2) is 0 Å². The van der Waals surface area contributed by atoms with Gasteiger partial charge in [-0.2, -0.15) is 5.10 Å². The topological polar surface area (TPSA) is 84.2 Å². The van der Waals surface area contributed by atoms with Crippen molar-refractivity contribution >= 4 is 10.0 Å². The SMILES string of the molecule is Cc1ccc(-n2cc(S(=O)(=O)NCC(C)CO)cn2)cc1. The summed E-state index contributed by atoms with van der Waals surface area (Å²) in [5, 5.41) is 13.0. The first kappa shape index (κ1) is 15.7. The molecule has 1 heterocycles. The first-order valence-electron chi connectivity index (χ1n) is 6.64. The third-order valence-corrected chi connectivity index (χ3v) is 4.48. The fraction of sp³-hybridized carbons (Fsp3) is 0.357. The maximum Gasteiger partial charge on any atom is 0.243 e. The molecule has 0 saturated heterocycles. The van der Waals surface area contributed by atoms with Gasteiger partial charge in [-0.15, -0.1) is 0 Å². The third-order valence-electron chi connectivity index (χ3n) is 3.10. The number of benzene rings is 1. The second-order valence-electron chi connectivity index (χ2n) is 5.10. The number of nitrogens with zero attached hydrogens (tertiary/aromatic N) is 2. The van der Waals surface area contributed by atoms with Gasteiger partial charge >= 0.3 is 0 Å². The number of aliphatic hydroxyl groups excluding tert-OH is 1. The molecule has 0 aliphatic rings. The van der Waals surface area contributed by atoms with Crippen LogP contribution in [0.15, 0.2) is 41.6 Å². The molecule has 0 aliphatic carbocycles. The van der Waals surface area contributed by atoms with Gasteiger partial charge in [-0.25, -0.2) is 17.8 Å². The molecule has 1 unspecified atom stereocenters. The number of aromatic nitrogens is 2. The highest BCUT2D eigenvalue weighted by Gasteiger charge is 2.17. The van der Waals surface area contributed by atoms with Gasteiger partial charge in [0.25, 0.3) is 0 Å². The van der Waals surface area contributed by atoms with E-state index < -0.39 is 10.0 Å². The van der Waals surface area contributed by atoms with Crippen LogP contribution in [-0.4, -0.2) is 36.5 Å². The smallest absolute Gasteiger partial charge is 0.243 e. The predicted octanol–water partition coefficient (Wildman–Crippen LogP) is 1.09. The van der Waals surface area contributed by atoms with Gasteiger partial charge < -0.3 is 5.11 Å². The Hall–Kier alpha value is -1.70. The molecule has 1 aromatic heterocycles. The Labute approximate surface area is 124 Å². The Kier molecular flexibility index (Phi) is 4.76. The zero-order valence-electron chi connectivity index (χ0n) is 12.0. The van der Waals surface area contributed by atoms with Crippen LogP contribution in [0.1, 0.15) is 12.5 Å². The number of hydrogen-bond donors (Lipinski definition) is 2. The Morgan fingerprint density at radius 3 is 2.62 bits per heavy atom. The fourth-order valence-corrected chi connectivity index (χ4v) is 2.78. The van der Waals surface area contributed by atoms with E-state index in [9.17, 15) is 8.42 Å². The van der Waals surface area contributed by atoms with Crippen molar-refractivity contribution in [1.29, 1.82) is 0 Å². The van der Waals surface area contributed by atoms with Crippen molar-refractivity contribution in [2.24, 2.45) is 5.92 Å². The highest BCUT2D eigenvalue weighted by atomic mass is 32.2. The van der Waals surface area contributed by atoms with Crippen molar-refractivity contribution in [1.82, 2.24) is 14.5 Å². The molecule has 2 rings (SSSR count). The average molecular weight is 309 g/mol. The number of nitrogens with one attached hydrogen (secondary N) is 1. The minimum absolute atomic E-state index is 0.0643. The highest BCUT2D eigenvalue weighted by Crippen LogP contribution is 2.13. The van der Waals surface area contributed by atoms with E-state index >= 15 is 0 Å². The van der Waals surface area contributed by atoms with Crippen LogP contribution in [0.25, 0.3) is 5.69 Å². The summed E-state index contributed by atoms with van der Waals surface area (Å²) in [6.45, 7) is 3.87. The molecule has 1 aromatic carbocycles. The molecule has 0 bridgehead atoms. The number of aliphatic hydroxyl groups is 1. The minimum Gasteiger partial charge on any atom is -0.396 e. The molecule has 114 valence electrons. The Balaban J connectivity index is 2.17. The lowest BCUT2D eigenvalue weighted by Gasteiger charge is -2.08. The lowest BCUT2D eigenvalue weighted by atomic mass is 10.2. The number of sulfonamides is 1. The highest BCUT2D eigenvalue weighted by molar-refractivity contribution is 7.89. The molecule has 6 nitrogen and oxygen atoms in total. The van der Waals surface area contributed by atoms with Gasteiger partial charge in [-0.3, -0.25) is 0 Å². The maximum absolute atomic E-state index is 12.1. The molecule has 0 amide bonds. The Morgan fingerprint density at radius 1 is 1.33 bits per heavy atom. The van der Waals surface area contributed by atoms with Gasteiger partial charge in [0.2, 0.25) is 10.0 Å². The van der Waals surface area contributed by atoms with Crippen molar-refractivity contribution in [3.8, 4) is 5.69 Å². The van der Waals surface area contributed by atoms with Crippen LogP contribution in [-0.2, 0) is 10.0 Å². The van der Waals surface area contributed by atoms with Crippen molar-refractivity contribution < 1.29 is 13.5 Å². The molecular formula is C14H19N3O3S. The summed E-state index contributed by atoms with van der Waals surface area (Å²) in [7, 11) is -3.61. The van der Waals surface area contributed by atoms with Crippen LogP contribution in [0.3, 0.4) is 0 Å². The van der Waals surface area contributed by atoms with Crippen molar-refractivity contribution in [2.45, 2.75) is 18.7 Å². The third kappa shape index (κ3) is 3.90. The second-order valence-corrected chi connectivity index (χ2v) is 6.86. The Morgan fingerprint density at radius 2 is 2.00 bits per heavy atom. The van der Waals surface area contributed by atoms with Gasteiger partial charge in [0, 0.05) is 13.2 Å². The molecule has 0 fully saturated rings. The molecule has 1 atom stereocenters. The van der Waals surface area contributed by atoms with Crippen LogP contribution in [0.5, 0.6) is 0 Å². The molecule has 21 heavy (non-hydrogen) atoms. The molecule has 7 heteroatoms. The zero-order chi connectivity index (χ0) is 15.5. The predicted molar refractivity (Wildman–Crippen MR) is 79.7 cm³/mol. The van der Waals surface area contributed by atoms with Crippen LogP contribution in [0.4, 0.5) is 0 Å². The molecule has 2 aromatic rings. The zero-order valence-corrected chi connectivity index (χ0v) is 12.8. The summed E-state index contributed by atoms with van der Waals surface area (Å²) in [5.74, 6) is -0.132. The summed E-state index contributed by atoms with van der Waals surface area (Å²) < 4.78 is 28.2. The summed E-state index contributed by atoms with van der Waals surface area (Å²) in [5.41, 5.74) is 1.92. The van der Waals surface area contributed by atoms with E-state index in [1.54, 1.807) is 6.92 Å². The standard InChI is InChI=1S/C14H19N3O3S/c1-11-3-5-13(6-4-11)17-9-14(8-15-17)21(19,20)16-7-12(2)10-18/h3-6,8-9,12,16,18H,7,10H2,1-2H3. The van der Waals surface area contributed by atoms with Gasteiger partial charge in [0.05, 0.1) is 18.1 Å². The lowest BCUT2D eigenvalue weighted by molar-refractivity contribution is 0.238. The monoisotopic (exact) mass is 309 g/mol. The van der Waals surface area contributed by atoms with Gasteiger partial charge in [-0.05, 0) is 25.0 Å². The van der Waals surface area contributed by atoms with Crippen LogP contribution >= 0.6 is 0 Å². The summed E-state index contributed by atoms with van der Waals surface area (Å²) in [6.07, 6.45) is 2.78. The van der Waals surface area contributed by atoms with E-state index in [0.717, 1.165) is 11.3 Å². The molecule has 2 N–H and O–H groups in total. The molecule has 0 saturated carbocycles. The van der Waals surface area contributed by atoms with Crippen molar-refractivity contribution in [3.63, 3.8) is 0 Å². The van der Waals surface area contributed by atoms with Gasteiger partial charge in [-0.1, -0.05) is 24.6 Å². The first-order chi connectivity index (χ1) is 9.92. The maximum atomic E-state index is 12.1. The lowest BCUT2D eigenvalue weighted by Crippen LogP contribution is -2.29. The van der Waals surface area contributed by atoms with E-state index in [2.05, 4.69) is 9.82 Å². The Bertz CT molecular complexity index is 693. The van der Waals surface area contributed by atoms with Gasteiger partial charge in [0.1, 0.15) is 4.90 Å². The number of rotatable bonds is 6. The summed E-state index contributed by atoms with van der Waals surface area (Å²) in [4.78, 5) is 0.105. The summed E-state index contributed by atoms with van der Waals surface area (Å²) >= 11 is 0. The van der Waals surface area contributed by atoms with Crippen LogP contribution in [0, 0.1) is 12.8 Å². The number of hydrogen-bond acceptors (Lipinski definition) is 4. The van der Waals surface area contributed by atoms with Crippen molar-refractivity contribution in [3.05, 3.63) is 42.2 Å². The molecular weight excluding hydrogens is 290 g/mol. The molecule has 0 radical (unpaired) electrons.